The molecule has 190 valence electrons. The summed E-state index contributed by atoms with van der Waals surface area (Å²) in [5, 5.41) is 11.8. The average molecular weight is 546 g/mol. The highest BCUT2D eigenvalue weighted by Gasteiger charge is 2.15. The second kappa shape index (κ2) is 11.4. The van der Waals surface area contributed by atoms with Gasteiger partial charge >= 0.3 is 5.97 Å². The Hall–Kier alpha value is -4.34. The first kappa shape index (κ1) is 25.3. The number of esters is 1. The summed E-state index contributed by atoms with van der Waals surface area (Å²) in [4.78, 5) is 21.0. The number of halogens is 2. The van der Waals surface area contributed by atoms with Crippen molar-refractivity contribution in [1.29, 1.82) is 0 Å². The number of ether oxygens (including phenoxy) is 1. The van der Waals surface area contributed by atoms with Crippen LogP contribution in [0.4, 0.5) is 16.0 Å². The third-order valence-electron chi connectivity index (χ3n) is 5.46. The first-order valence-electron chi connectivity index (χ1n) is 11.6. The molecule has 0 radical (unpaired) electrons. The second-order valence-electron chi connectivity index (χ2n) is 8.05. The first-order chi connectivity index (χ1) is 18.5. The third-order valence-corrected chi connectivity index (χ3v) is 6.44. The van der Waals surface area contributed by atoms with Crippen LogP contribution in [-0.4, -0.2) is 32.3 Å². The standard InChI is InChI=1S/C28H21ClFN5O2S/c1-2-37-26(36)9-6-18-4-3-5-19(14-18)22-16-31-28(32-21-7-8-24(30)23(29)15-21)33-27(22)35-12-10-25(34-35)20-11-13-38-17-20/h3-17H,2H2,1H3,(H,31,32,33)/b9-6+. The number of nitrogens with zero attached hydrogens (tertiary/aromatic N) is 4. The highest BCUT2D eigenvalue weighted by molar-refractivity contribution is 7.08. The Labute approximate surface area is 227 Å². The predicted octanol–water partition coefficient (Wildman–Crippen LogP) is 7.17. The Morgan fingerprint density at radius 3 is 2.87 bits per heavy atom. The molecule has 5 aromatic rings. The number of anilines is 2. The molecule has 0 aliphatic rings. The summed E-state index contributed by atoms with van der Waals surface area (Å²) in [7, 11) is 0. The molecule has 2 aromatic carbocycles. The van der Waals surface area contributed by atoms with Gasteiger partial charge in [-0.1, -0.05) is 29.8 Å². The summed E-state index contributed by atoms with van der Waals surface area (Å²) in [5.74, 6) is -0.0969. The number of hydrogen-bond acceptors (Lipinski definition) is 7. The number of benzene rings is 2. The maximum atomic E-state index is 13.6. The van der Waals surface area contributed by atoms with Gasteiger partial charge in [-0.3, -0.25) is 0 Å². The second-order valence-corrected chi connectivity index (χ2v) is 9.24. The van der Waals surface area contributed by atoms with Crippen LogP contribution >= 0.6 is 22.9 Å². The van der Waals surface area contributed by atoms with E-state index in [9.17, 15) is 9.18 Å². The predicted molar refractivity (Wildman–Crippen MR) is 148 cm³/mol. The molecule has 0 spiro atoms. The number of rotatable bonds is 8. The van der Waals surface area contributed by atoms with Gasteiger partial charge < -0.3 is 10.1 Å². The van der Waals surface area contributed by atoms with Gasteiger partial charge in [-0.2, -0.15) is 21.4 Å². The topological polar surface area (TPSA) is 81.9 Å². The van der Waals surface area contributed by atoms with Crippen LogP contribution in [0.2, 0.25) is 5.02 Å². The van der Waals surface area contributed by atoms with E-state index in [0.29, 0.717) is 18.1 Å². The lowest BCUT2D eigenvalue weighted by Gasteiger charge is -2.12. The van der Waals surface area contributed by atoms with Crippen molar-refractivity contribution in [1.82, 2.24) is 19.7 Å². The van der Waals surface area contributed by atoms with Crippen molar-refractivity contribution in [2.45, 2.75) is 6.92 Å². The summed E-state index contributed by atoms with van der Waals surface area (Å²) >= 11 is 7.53. The van der Waals surface area contributed by atoms with Crippen LogP contribution in [0.15, 0.2) is 83.8 Å². The normalized spacial score (nSPS) is 11.1. The molecule has 1 N–H and O–H groups in total. The summed E-state index contributed by atoms with van der Waals surface area (Å²) in [6.45, 7) is 2.07. The van der Waals surface area contributed by atoms with Crippen molar-refractivity contribution >= 4 is 46.6 Å². The number of thiophene rings is 1. The Kier molecular flexibility index (Phi) is 7.57. The highest BCUT2D eigenvalue weighted by atomic mass is 35.5. The van der Waals surface area contributed by atoms with Gasteiger partial charge in [-0.25, -0.2) is 18.9 Å². The van der Waals surface area contributed by atoms with Crippen molar-refractivity contribution in [2.24, 2.45) is 0 Å². The number of hydrogen-bond donors (Lipinski definition) is 1. The molecule has 10 heteroatoms. The number of aromatic nitrogens is 4. The molecular weight excluding hydrogens is 525 g/mol. The van der Waals surface area contributed by atoms with E-state index in [2.05, 4.69) is 10.3 Å². The molecule has 0 atom stereocenters. The lowest BCUT2D eigenvalue weighted by atomic mass is 10.0. The van der Waals surface area contributed by atoms with Gasteiger partial charge in [-0.05, 0) is 65.9 Å². The van der Waals surface area contributed by atoms with Gasteiger partial charge in [0.05, 0.1) is 17.3 Å². The van der Waals surface area contributed by atoms with Crippen molar-refractivity contribution < 1.29 is 13.9 Å². The molecule has 0 bridgehead atoms. The lowest BCUT2D eigenvalue weighted by molar-refractivity contribution is -0.137. The zero-order chi connectivity index (χ0) is 26.5. The van der Waals surface area contributed by atoms with Crippen LogP contribution in [0.3, 0.4) is 0 Å². The van der Waals surface area contributed by atoms with Crippen LogP contribution < -0.4 is 5.32 Å². The molecule has 0 fully saturated rings. The van der Waals surface area contributed by atoms with Crippen LogP contribution in [0.1, 0.15) is 12.5 Å². The molecule has 0 aliphatic heterocycles. The largest absolute Gasteiger partial charge is 0.463 e. The van der Waals surface area contributed by atoms with Crippen LogP contribution in [0.5, 0.6) is 0 Å². The maximum Gasteiger partial charge on any atom is 0.330 e. The van der Waals surface area contributed by atoms with Gasteiger partial charge in [0.1, 0.15) is 5.82 Å². The fraction of sp³-hybridized carbons (Fsp3) is 0.0714. The molecule has 38 heavy (non-hydrogen) atoms. The molecule has 5 rings (SSSR count). The third kappa shape index (κ3) is 5.80. The van der Waals surface area contributed by atoms with Gasteiger partial charge in [0.15, 0.2) is 5.82 Å². The molecule has 7 nitrogen and oxygen atoms in total. The van der Waals surface area contributed by atoms with E-state index in [1.165, 1.54) is 18.2 Å². The van der Waals surface area contributed by atoms with E-state index < -0.39 is 11.8 Å². The van der Waals surface area contributed by atoms with Gasteiger partial charge in [-0.15, -0.1) is 0 Å². The minimum atomic E-state index is -0.511. The molecule has 0 saturated carbocycles. The van der Waals surface area contributed by atoms with E-state index in [0.717, 1.165) is 27.9 Å². The Morgan fingerprint density at radius 1 is 1.18 bits per heavy atom. The fourth-order valence-electron chi connectivity index (χ4n) is 3.68. The molecule has 0 unspecified atom stereocenters. The Balaban J connectivity index is 1.55. The molecule has 3 aromatic heterocycles. The SMILES string of the molecule is CCOC(=O)/C=C/c1cccc(-c2cnc(Nc3ccc(F)c(Cl)c3)nc2-n2ccc(-c3ccsc3)n2)c1. The molecular formula is C28H21ClFN5O2S. The van der Waals surface area contributed by atoms with Crippen LogP contribution in [0, 0.1) is 5.82 Å². The van der Waals surface area contributed by atoms with Gasteiger partial charge in [0.2, 0.25) is 5.95 Å². The smallest absolute Gasteiger partial charge is 0.330 e. The van der Waals surface area contributed by atoms with Gasteiger partial charge in [0, 0.05) is 40.7 Å². The van der Waals surface area contributed by atoms with Crippen molar-refractivity contribution in [3.05, 3.63) is 100 Å². The van der Waals surface area contributed by atoms with E-state index in [-0.39, 0.29) is 11.0 Å². The van der Waals surface area contributed by atoms with E-state index in [1.54, 1.807) is 41.3 Å². The lowest BCUT2D eigenvalue weighted by Crippen LogP contribution is -2.06. The monoisotopic (exact) mass is 545 g/mol. The van der Waals surface area contributed by atoms with Crippen molar-refractivity contribution in [3.8, 4) is 28.2 Å². The fourth-order valence-corrected chi connectivity index (χ4v) is 4.52. The minimum Gasteiger partial charge on any atom is -0.463 e. The molecule has 0 aliphatic carbocycles. The Morgan fingerprint density at radius 2 is 2.08 bits per heavy atom. The zero-order valence-electron chi connectivity index (χ0n) is 20.1. The van der Waals surface area contributed by atoms with E-state index in [4.69, 9.17) is 26.4 Å². The first-order valence-corrected chi connectivity index (χ1v) is 13.0. The molecule has 3 heterocycles. The molecule has 0 amide bonds. The minimum absolute atomic E-state index is 0.00740. The summed E-state index contributed by atoms with van der Waals surface area (Å²) in [5.41, 5.74) is 4.72. The summed E-state index contributed by atoms with van der Waals surface area (Å²) < 4.78 is 20.3. The average Bonchev–Trinajstić information content (AvgIpc) is 3.63. The molecule has 0 saturated heterocycles. The quantitative estimate of drug-likeness (QED) is 0.164. The summed E-state index contributed by atoms with van der Waals surface area (Å²) in [6.07, 6.45) is 6.61. The van der Waals surface area contributed by atoms with E-state index in [1.807, 2.05) is 53.4 Å². The summed E-state index contributed by atoms with van der Waals surface area (Å²) in [6, 6.07) is 15.8. The Bertz CT molecular complexity index is 1620. The number of carbonyl (C=O) groups excluding carboxylic acids is 1. The van der Waals surface area contributed by atoms with Crippen molar-refractivity contribution in [3.63, 3.8) is 0 Å². The highest BCUT2D eigenvalue weighted by Crippen LogP contribution is 2.29. The van der Waals surface area contributed by atoms with Crippen LogP contribution in [0.25, 0.3) is 34.3 Å². The van der Waals surface area contributed by atoms with E-state index >= 15 is 0 Å². The van der Waals surface area contributed by atoms with Gasteiger partial charge in [0.25, 0.3) is 0 Å². The number of nitrogens with one attached hydrogen (secondary N) is 1. The van der Waals surface area contributed by atoms with Crippen LogP contribution in [-0.2, 0) is 9.53 Å². The zero-order valence-corrected chi connectivity index (χ0v) is 21.7. The van der Waals surface area contributed by atoms with Crippen molar-refractivity contribution in [2.75, 3.05) is 11.9 Å². The maximum absolute atomic E-state index is 13.6. The number of carbonyl (C=O) groups is 1.